The van der Waals surface area contributed by atoms with E-state index in [1.165, 1.54) is 16.7 Å². The fraction of sp³-hybridized carbons (Fsp3) is 0.161. The van der Waals surface area contributed by atoms with Gasteiger partial charge in [-0.3, -0.25) is 14.4 Å². The van der Waals surface area contributed by atoms with Crippen LogP contribution in [0.5, 0.6) is 5.75 Å². The van der Waals surface area contributed by atoms with E-state index in [9.17, 15) is 14.4 Å². The highest BCUT2D eigenvalue weighted by atomic mass is 32.1. The number of methoxy groups -OCH3 is 1. The van der Waals surface area contributed by atoms with Gasteiger partial charge in [-0.1, -0.05) is 6.07 Å². The second-order valence-electron chi connectivity index (χ2n) is 9.57. The van der Waals surface area contributed by atoms with Gasteiger partial charge in [-0.25, -0.2) is 9.88 Å². The summed E-state index contributed by atoms with van der Waals surface area (Å²) in [6.45, 7) is 2.09. The van der Waals surface area contributed by atoms with E-state index in [-0.39, 0.29) is 24.8 Å². The molecule has 0 saturated carbocycles. The first-order valence-corrected chi connectivity index (χ1v) is 13.5. The number of carbonyl (C=O) groups is 3. The van der Waals surface area contributed by atoms with Crippen LogP contribution in [0.25, 0.3) is 20.8 Å². The second-order valence-corrected chi connectivity index (χ2v) is 10.6. The van der Waals surface area contributed by atoms with Crippen molar-refractivity contribution in [3.8, 4) is 16.3 Å². The zero-order valence-electron chi connectivity index (χ0n) is 21.9. The van der Waals surface area contributed by atoms with Crippen LogP contribution in [-0.4, -0.2) is 40.8 Å². The number of hydrogen-bond donors (Lipinski definition) is 0. The Morgan fingerprint density at radius 3 is 2.55 bits per heavy atom. The Labute approximate surface area is 234 Å². The van der Waals surface area contributed by atoms with Gasteiger partial charge in [-0.15, -0.1) is 11.3 Å². The summed E-state index contributed by atoms with van der Waals surface area (Å²) in [6, 6.07) is 22.5. The first kappa shape index (κ1) is 25.5. The lowest BCUT2D eigenvalue weighted by Gasteiger charge is -2.27. The zero-order chi connectivity index (χ0) is 27.8. The first-order chi connectivity index (χ1) is 19.4. The Balaban J connectivity index is 1.27. The van der Waals surface area contributed by atoms with Crippen LogP contribution >= 0.6 is 11.3 Å². The first-order valence-electron chi connectivity index (χ1n) is 12.7. The largest absolute Gasteiger partial charge is 0.497 e. The number of anilines is 1. The molecule has 9 heteroatoms. The minimum Gasteiger partial charge on any atom is -0.497 e. The summed E-state index contributed by atoms with van der Waals surface area (Å²) in [7, 11) is 1.55. The van der Waals surface area contributed by atoms with Crippen molar-refractivity contribution in [3.05, 3.63) is 102 Å². The molecule has 0 N–H and O–H groups in total. The average molecular weight is 552 g/mol. The number of imide groups is 1. The van der Waals surface area contributed by atoms with E-state index >= 15 is 0 Å². The smallest absolute Gasteiger partial charge is 0.257 e. The lowest BCUT2D eigenvalue weighted by Crippen LogP contribution is -2.45. The van der Waals surface area contributed by atoms with E-state index in [0.29, 0.717) is 22.8 Å². The van der Waals surface area contributed by atoms with E-state index in [2.05, 4.69) is 6.07 Å². The van der Waals surface area contributed by atoms with E-state index in [1.54, 1.807) is 67.0 Å². The van der Waals surface area contributed by atoms with Crippen molar-refractivity contribution < 1.29 is 23.5 Å². The molecular formula is C31H25N3O5S. The van der Waals surface area contributed by atoms with Gasteiger partial charge in [0.1, 0.15) is 22.6 Å². The van der Waals surface area contributed by atoms with E-state index in [0.717, 1.165) is 25.7 Å². The van der Waals surface area contributed by atoms with Crippen molar-refractivity contribution in [1.29, 1.82) is 0 Å². The molecule has 5 aromatic rings. The van der Waals surface area contributed by atoms with Crippen LogP contribution in [0.4, 0.5) is 5.69 Å². The predicted molar refractivity (Wildman–Crippen MR) is 152 cm³/mol. The summed E-state index contributed by atoms with van der Waals surface area (Å²) in [6.07, 6.45) is 1.38. The molecule has 3 aromatic carbocycles. The monoisotopic (exact) mass is 551 g/mol. The SMILES string of the molecule is COc1ccc(C(=O)N(Cc2ccco2)C2CC(=O)N(c3ccc(-c4nc5ccc(C)cc5s4)cc3)C2=O)cc1. The molecule has 8 nitrogen and oxygen atoms in total. The van der Waals surface area contributed by atoms with Gasteiger partial charge in [0.15, 0.2) is 0 Å². The summed E-state index contributed by atoms with van der Waals surface area (Å²) >= 11 is 1.59. The molecule has 6 rings (SSSR count). The number of aryl methyl sites for hydroxylation is 1. The molecule has 0 bridgehead atoms. The van der Waals surface area contributed by atoms with Gasteiger partial charge in [-0.2, -0.15) is 0 Å². The number of hydrogen-bond acceptors (Lipinski definition) is 7. The number of rotatable bonds is 7. The van der Waals surface area contributed by atoms with Crippen LogP contribution in [0.2, 0.25) is 0 Å². The summed E-state index contributed by atoms with van der Waals surface area (Å²) in [4.78, 5) is 47.7. The lowest BCUT2D eigenvalue weighted by atomic mass is 10.1. The van der Waals surface area contributed by atoms with Gasteiger partial charge in [0, 0.05) is 11.1 Å². The second kappa shape index (κ2) is 10.4. The van der Waals surface area contributed by atoms with Crippen molar-refractivity contribution in [2.24, 2.45) is 0 Å². The molecule has 0 radical (unpaired) electrons. The molecule has 1 aliphatic heterocycles. The van der Waals surface area contributed by atoms with Crippen molar-refractivity contribution >= 4 is 45.0 Å². The van der Waals surface area contributed by atoms with Crippen molar-refractivity contribution in [1.82, 2.24) is 9.88 Å². The predicted octanol–water partition coefficient (Wildman–Crippen LogP) is 5.85. The summed E-state index contributed by atoms with van der Waals surface area (Å²) in [5.74, 6) is -0.0897. The molecule has 0 spiro atoms. The third kappa shape index (κ3) is 4.76. The number of ether oxygens (including phenoxy) is 1. The van der Waals surface area contributed by atoms with Crippen LogP contribution in [0.3, 0.4) is 0 Å². The number of furan rings is 1. The number of fused-ring (bicyclic) bond motifs is 1. The molecule has 2 aromatic heterocycles. The standard InChI is InChI=1S/C31H25N3O5S/c1-19-5-14-25-27(16-19)40-29(32-25)20-6-10-22(11-7-20)34-28(35)17-26(31(34)37)33(18-24-4-3-15-39-24)30(36)21-8-12-23(38-2)13-9-21/h3-16,26H,17-18H2,1-2H3. The Morgan fingerprint density at radius 1 is 1.07 bits per heavy atom. The third-order valence-corrected chi connectivity index (χ3v) is 7.99. The van der Waals surface area contributed by atoms with Crippen molar-refractivity contribution in [2.45, 2.75) is 25.9 Å². The van der Waals surface area contributed by atoms with Gasteiger partial charge in [0.25, 0.3) is 11.8 Å². The molecule has 200 valence electrons. The number of amides is 3. The number of nitrogens with zero attached hydrogens (tertiary/aromatic N) is 3. The average Bonchev–Trinajstić information content (AvgIpc) is 3.70. The zero-order valence-corrected chi connectivity index (χ0v) is 22.7. The van der Waals surface area contributed by atoms with Crippen molar-refractivity contribution in [2.75, 3.05) is 12.0 Å². The number of aromatic nitrogens is 1. The minimum atomic E-state index is -0.973. The van der Waals surface area contributed by atoms with Gasteiger partial charge < -0.3 is 14.1 Å². The van der Waals surface area contributed by atoms with Gasteiger partial charge >= 0.3 is 0 Å². The summed E-state index contributed by atoms with van der Waals surface area (Å²) in [5, 5.41) is 0.860. The topological polar surface area (TPSA) is 92.9 Å². The van der Waals surface area contributed by atoms with Crippen molar-refractivity contribution in [3.63, 3.8) is 0 Å². The number of thiazole rings is 1. The van der Waals surface area contributed by atoms with Crippen LogP contribution in [0.15, 0.2) is 89.5 Å². The van der Waals surface area contributed by atoms with Crippen LogP contribution in [-0.2, 0) is 16.1 Å². The Kier molecular flexibility index (Phi) is 6.65. The van der Waals surface area contributed by atoms with E-state index < -0.39 is 11.9 Å². The van der Waals surface area contributed by atoms with Crippen LogP contribution < -0.4 is 9.64 Å². The maximum Gasteiger partial charge on any atom is 0.257 e. The van der Waals surface area contributed by atoms with E-state index in [1.807, 2.05) is 31.2 Å². The fourth-order valence-corrected chi connectivity index (χ4v) is 5.90. The van der Waals surface area contributed by atoms with Gasteiger partial charge in [0.05, 0.1) is 42.2 Å². The quantitative estimate of drug-likeness (QED) is 0.236. The molecule has 1 atom stereocenters. The minimum absolute atomic E-state index is 0.0470. The highest BCUT2D eigenvalue weighted by Gasteiger charge is 2.44. The van der Waals surface area contributed by atoms with Crippen LogP contribution in [0.1, 0.15) is 28.1 Å². The number of benzene rings is 3. The summed E-state index contributed by atoms with van der Waals surface area (Å²) < 4.78 is 11.8. The molecule has 1 unspecified atom stereocenters. The Bertz CT molecular complexity index is 1710. The molecular weight excluding hydrogens is 526 g/mol. The molecule has 1 saturated heterocycles. The maximum absolute atomic E-state index is 13.7. The van der Waals surface area contributed by atoms with Crippen LogP contribution in [0, 0.1) is 6.92 Å². The molecule has 0 aliphatic carbocycles. The maximum atomic E-state index is 13.7. The molecule has 40 heavy (non-hydrogen) atoms. The molecule has 3 heterocycles. The number of carbonyl (C=O) groups excluding carboxylic acids is 3. The van der Waals surface area contributed by atoms with Gasteiger partial charge in [-0.05, 0) is 85.3 Å². The summed E-state index contributed by atoms with van der Waals surface area (Å²) in [5.41, 5.74) is 3.83. The molecule has 1 fully saturated rings. The Morgan fingerprint density at radius 2 is 1.85 bits per heavy atom. The highest BCUT2D eigenvalue weighted by molar-refractivity contribution is 7.21. The Hall–Kier alpha value is -4.76. The molecule has 1 aliphatic rings. The molecule has 3 amide bonds. The van der Waals surface area contributed by atoms with Gasteiger partial charge in [0.2, 0.25) is 5.91 Å². The highest BCUT2D eigenvalue weighted by Crippen LogP contribution is 2.33. The normalized spacial score (nSPS) is 15.2. The fourth-order valence-electron chi connectivity index (χ4n) is 4.83. The van der Waals surface area contributed by atoms with E-state index in [4.69, 9.17) is 14.1 Å². The third-order valence-electron chi connectivity index (χ3n) is 6.92. The lowest BCUT2D eigenvalue weighted by molar-refractivity contribution is -0.122.